The van der Waals surface area contributed by atoms with Crippen molar-refractivity contribution in [3.05, 3.63) is 90.0 Å². The lowest BCUT2D eigenvalue weighted by Crippen LogP contribution is -1.76. The summed E-state index contributed by atoms with van der Waals surface area (Å²) in [5.41, 5.74) is 6.97. The summed E-state index contributed by atoms with van der Waals surface area (Å²) in [6.45, 7) is 4.19. The van der Waals surface area contributed by atoms with Gasteiger partial charge < -0.3 is 4.42 Å². The molecule has 120 valence electrons. The number of fused-ring (bicyclic) bond motifs is 1. The molecule has 0 N–H and O–H groups in total. The van der Waals surface area contributed by atoms with Crippen LogP contribution in [0.4, 0.5) is 0 Å². The van der Waals surface area contributed by atoms with E-state index in [4.69, 9.17) is 4.42 Å². The lowest BCUT2D eigenvalue weighted by molar-refractivity contribution is 0.655. The molecule has 0 aliphatic heterocycles. The van der Waals surface area contributed by atoms with Gasteiger partial charge in [0, 0.05) is 5.39 Å². The Bertz CT molecular complexity index is 887. The molecule has 2 heteroatoms. The number of rotatable bonds is 1. The molecule has 4 aromatic rings. The van der Waals surface area contributed by atoms with Crippen molar-refractivity contribution in [2.45, 2.75) is 13.8 Å². The molecule has 1 heterocycles. The van der Waals surface area contributed by atoms with Gasteiger partial charge in [-0.15, -0.1) is 0 Å². The van der Waals surface area contributed by atoms with Crippen LogP contribution in [0.3, 0.4) is 0 Å². The van der Waals surface area contributed by atoms with Gasteiger partial charge in [0.15, 0.2) is 0 Å². The third-order valence-corrected chi connectivity index (χ3v) is 4.17. The second-order valence-electron chi connectivity index (χ2n) is 5.87. The monoisotopic (exact) mass is 332 g/mol. The minimum absolute atomic E-state index is 0.902. The van der Waals surface area contributed by atoms with E-state index in [-0.39, 0.29) is 0 Å². The van der Waals surface area contributed by atoms with Crippen molar-refractivity contribution in [2.75, 3.05) is 0 Å². The summed E-state index contributed by atoms with van der Waals surface area (Å²) in [4.78, 5) is 0. The Balaban J connectivity index is 0.000000141. The zero-order valence-corrected chi connectivity index (χ0v) is 15.1. The first kappa shape index (κ1) is 16.5. The highest BCUT2D eigenvalue weighted by Gasteiger charge is 2.03. The third kappa shape index (κ3) is 3.93. The fraction of sp³-hybridized carbons (Fsp3) is 0.0909. The molecule has 1 atom stereocenters. The lowest BCUT2D eigenvalue weighted by Gasteiger charge is -1.98. The summed E-state index contributed by atoms with van der Waals surface area (Å²) in [6, 6.07) is 27.1. The van der Waals surface area contributed by atoms with Crippen molar-refractivity contribution in [3.63, 3.8) is 0 Å². The van der Waals surface area contributed by atoms with Crippen LogP contribution in [0, 0.1) is 13.8 Å². The number of aryl methyl sites for hydroxylation is 2. The molecule has 0 amide bonds. The highest BCUT2D eigenvalue weighted by Crippen LogP contribution is 2.21. The van der Waals surface area contributed by atoms with Crippen molar-refractivity contribution >= 4 is 25.7 Å². The maximum Gasteiger partial charge on any atom is 0.135 e. The van der Waals surface area contributed by atoms with Gasteiger partial charge in [0.2, 0.25) is 0 Å². The van der Waals surface area contributed by atoms with E-state index in [2.05, 4.69) is 89.8 Å². The first-order valence-electron chi connectivity index (χ1n) is 8.00. The first-order chi connectivity index (χ1) is 11.6. The van der Waals surface area contributed by atoms with Gasteiger partial charge in [-0.3, -0.25) is 0 Å². The molecule has 3 aromatic carbocycles. The highest BCUT2D eigenvalue weighted by atomic mass is 31.0. The fourth-order valence-electron chi connectivity index (χ4n) is 2.77. The quantitative estimate of drug-likeness (QED) is 0.395. The molecule has 0 spiro atoms. The van der Waals surface area contributed by atoms with Crippen LogP contribution in [0.15, 0.2) is 83.3 Å². The van der Waals surface area contributed by atoms with Gasteiger partial charge in [0.05, 0.1) is 0 Å². The number of furan rings is 1. The van der Waals surface area contributed by atoms with Crippen LogP contribution >= 0.6 is 9.24 Å². The second-order valence-corrected chi connectivity index (χ2v) is 6.44. The first-order valence-corrected chi connectivity index (χ1v) is 8.58. The van der Waals surface area contributed by atoms with E-state index in [1.165, 1.54) is 27.6 Å². The van der Waals surface area contributed by atoms with Gasteiger partial charge in [-0.05, 0) is 48.2 Å². The Morgan fingerprint density at radius 1 is 0.708 bits per heavy atom. The van der Waals surface area contributed by atoms with Gasteiger partial charge in [0.1, 0.15) is 11.1 Å². The fourth-order valence-corrected chi connectivity index (χ4v) is 3.06. The summed E-state index contributed by atoms with van der Waals surface area (Å²) < 4.78 is 5.49. The Morgan fingerprint density at radius 3 is 1.79 bits per heavy atom. The smallest absolute Gasteiger partial charge is 0.135 e. The topological polar surface area (TPSA) is 13.1 Å². The molecular weight excluding hydrogens is 311 g/mol. The molecule has 0 bridgehead atoms. The molecule has 0 saturated heterocycles. The number of benzene rings is 3. The maximum absolute atomic E-state index is 5.49. The van der Waals surface area contributed by atoms with Gasteiger partial charge in [-0.1, -0.05) is 76.0 Å². The van der Waals surface area contributed by atoms with Crippen LogP contribution in [-0.2, 0) is 0 Å². The van der Waals surface area contributed by atoms with Crippen molar-refractivity contribution in [1.82, 2.24) is 0 Å². The van der Waals surface area contributed by atoms with Crippen molar-refractivity contribution in [3.8, 4) is 11.1 Å². The molecule has 4 rings (SSSR count). The second kappa shape index (κ2) is 7.47. The van der Waals surface area contributed by atoms with Gasteiger partial charge in [-0.2, -0.15) is 0 Å². The van der Waals surface area contributed by atoms with Crippen LogP contribution in [-0.4, -0.2) is 0 Å². The average Bonchev–Trinajstić information content (AvgIpc) is 2.98. The number of hydrogen-bond acceptors (Lipinski definition) is 1. The standard InChI is InChI=1S/C12H10.C10H11OP/c1-3-7-11(8-4-1)12-9-5-2-6-10-12;1-6-3-7(2)8-5-10(12)11-9(8)4-6/h1-10H;3-5H,12H2,1-2H3. The zero-order chi connectivity index (χ0) is 16.9. The predicted molar refractivity (Wildman–Crippen MR) is 107 cm³/mol. The average molecular weight is 332 g/mol. The molecule has 1 unspecified atom stereocenters. The summed E-state index contributed by atoms with van der Waals surface area (Å²) in [6.07, 6.45) is 0. The van der Waals surface area contributed by atoms with E-state index in [9.17, 15) is 0 Å². The van der Waals surface area contributed by atoms with Gasteiger partial charge >= 0.3 is 0 Å². The normalized spacial score (nSPS) is 10.3. The third-order valence-electron chi connectivity index (χ3n) is 3.89. The Hall–Kier alpha value is -2.37. The molecule has 0 aliphatic rings. The van der Waals surface area contributed by atoms with Crippen molar-refractivity contribution < 1.29 is 4.42 Å². The molecule has 0 aliphatic carbocycles. The highest BCUT2D eigenvalue weighted by molar-refractivity contribution is 7.26. The molecule has 24 heavy (non-hydrogen) atoms. The van der Waals surface area contributed by atoms with Crippen LogP contribution in [0.1, 0.15) is 11.1 Å². The summed E-state index contributed by atoms with van der Waals surface area (Å²) in [7, 11) is 2.57. The van der Waals surface area contributed by atoms with E-state index in [0.717, 1.165) is 11.1 Å². The summed E-state index contributed by atoms with van der Waals surface area (Å²) in [5.74, 6) is 0. The Morgan fingerprint density at radius 2 is 1.25 bits per heavy atom. The lowest BCUT2D eigenvalue weighted by atomic mass is 10.1. The maximum atomic E-state index is 5.49. The minimum atomic E-state index is 0.902. The van der Waals surface area contributed by atoms with Crippen LogP contribution in [0.25, 0.3) is 22.1 Å². The Kier molecular flexibility index (Phi) is 5.13. The van der Waals surface area contributed by atoms with E-state index >= 15 is 0 Å². The van der Waals surface area contributed by atoms with Gasteiger partial charge in [0.25, 0.3) is 0 Å². The predicted octanol–water partition coefficient (Wildman–Crippen LogP) is 5.90. The molecular formula is C22H21OP. The van der Waals surface area contributed by atoms with E-state index < -0.39 is 0 Å². The van der Waals surface area contributed by atoms with Crippen LogP contribution in [0.2, 0.25) is 0 Å². The molecule has 0 fully saturated rings. The minimum Gasteiger partial charge on any atom is -0.457 e. The van der Waals surface area contributed by atoms with E-state index in [1.807, 2.05) is 12.1 Å². The van der Waals surface area contributed by atoms with Crippen LogP contribution < -0.4 is 5.50 Å². The van der Waals surface area contributed by atoms with Crippen molar-refractivity contribution in [2.24, 2.45) is 0 Å². The number of hydrogen-bond donors (Lipinski definition) is 0. The van der Waals surface area contributed by atoms with Crippen molar-refractivity contribution in [1.29, 1.82) is 0 Å². The molecule has 0 saturated carbocycles. The molecule has 1 aromatic heterocycles. The SMILES string of the molecule is Cc1cc(C)c2cc(P)oc2c1.c1ccc(-c2ccccc2)cc1. The summed E-state index contributed by atoms with van der Waals surface area (Å²) >= 11 is 0. The zero-order valence-electron chi connectivity index (χ0n) is 14.0. The van der Waals surface area contributed by atoms with E-state index in [0.29, 0.717) is 0 Å². The molecule has 0 radical (unpaired) electrons. The molecule has 1 nitrogen and oxygen atoms in total. The Labute approximate surface area is 145 Å². The largest absolute Gasteiger partial charge is 0.457 e. The van der Waals surface area contributed by atoms with Gasteiger partial charge in [-0.25, -0.2) is 0 Å². The van der Waals surface area contributed by atoms with Crippen LogP contribution in [0.5, 0.6) is 0 Å². The van der Waals surface area contributed by atoms with E-state index in [1.54, 1.807) is 0 Å². The summed E-state index contributed by atoms with van der Waals surface area (Å²) in [5, 5.41) is 1.21.